The summed E-state index contributed by atoms with van der Waals surface area (Å²) >= 11 is 0. The number of carboxylic acid groups (broad SMARTS) is 1. The molecule has 98 valence electrons. The van der Waals surface area contributed by atoms with Crippen LogP contribution in [0.5, 0.6) is 0 Å². The van der Waals surface area contributed by atoms with Gasteiger partial charge in [0.25, 0.3) is 0 Å². The number of ether oxygens (including phenoxy) is 1. The SMILES string of the molecule is CC[C@H](C(=O)O)N1CC[C@@]2(C[C@H](O)CCO2)C1. The lowest BCUT2D eigenvalue weighted by Gasteiger charge is -2.36. The van der Waals surface area contributed by atoms with Crippen LogP contribution >= 0.6 is 0 Å². The molecule has 0 aromatic rings. The second-order valence-electron chi connectivity index (χ2n) is 5.16. The fourth-order valence-electron chi connectivity index (χ4n) is 3.02. The maximum atomic E-state index is 11.1. The normalized spacial score (nSPS) is 36.2. The first kappa shape index (κ1) is 12.8. The summed E-state index contributed by atoms with van der Waals surface area (Å²) in [7, 11) is 0. The summed E-state index contributed by atoms with van der Waals surface area (Å²) in [5, 5.41) is 18.9. The molecule has 0 aliphatic carbocycles. The topological polar surface area (TPSA) is 70.0 Å². The van der Waals surface area contributed by atoms with E-state index in [1.165, 1.54) is 0 Å². The lowest BCUT2D eigenvalue weighted by Crippen LogP contribution is -2.47. The number of nitrogens with zero attached hydrogens (tertiary/aromatic N) is 1. The van der Waals surface area contributed by atoms with E-state index in [0.717, 1.165) is 13.0 Å². The zero-order chi connectivity index (χ0) is 12.5. The summed E-state index contributed by atoms with van der Waals surface area (Å²) in [6.07, 6.45) is 2.47. The number of hydrogen-bond donors (Lipinski definition) is 2. The molecule has 5 heteroatoms. The highest BCUT2D eigenvalue weighted by molar-refractivity contribution is 5.73. The van der Waals surface area contributed by atoms with Gasteiger partial charge in [-0.3, -0.25) is 9.69 Å². The number of aliphatic hydroxyl groups is 1. The molecule has 0 bridgehead atoms. The first-order chi connectivity index (χ1) is 8.06. The zero-order valence-corrected chi connectivity index (χ0v) is 10.3. The third-order valence-corrected chi connectivity index (χ3v) is 3.93. The molecule has 0 unspecified atom stereocenters. The average molecular weight is 243 g/mol. The summed E-state index contributed by atoms with van der Waals surface area (Å²) in [5.41, 5.74) is -0.305. The monoisotopic (exact) mass is 243 g/mol. The average Bonchev–Trinajstić information content (AvgIpc) is 2.62. The van der Waals surface area contributed by atoms with Crippen molar-refractivity contribution in [1.29, 1.82) is 0 Å². The Morgan fingerprint density at radius 2 is 2.41 bits per heavy atom. The first-order valence-corrected chi connectivity index (χ1v) is 6.35. The highest BCUT2D eigenvalue weighted by Crippen LogP contribution is 2.35. The third-order valence-electron chi connectivity index (χ3n) is 3.93. The molecular weight excluding hydrogens is 222 g/mol. The van der Waals surface area contributed by atoms with Crippen LogP contribution in [0.1, 0.15) is 32.6 Å². The molecule has 3 atom stereocenters. The number of rotatable bonds is 3. The Labute approximate surface area is 101 Å². The Morgan fingerprint density at radius 1 is 1.65 bits per heavy atom. The highest BCUT2D eigenvalue weighted by Gasteiger charge is 2.45. The third kappa shape index (κ3) is 2.61. The summed E-state index contributed by atoms with van der Waals surface area (Å²) in [4.78, 5) is 13.1. The van der Waals surface area contributed by atoms with Crippen LogP contribution in [0.3, 0.4) is 0 Å². The number of carbonyl (C=O) groups is 1. The van der Waals surface area contributed by atoms with Crippen molar-refractivity contribution in [3.05, 3.63) is 0 Å². The molecule has 5 nitrogen and oxygen atoms in total. The smallest absolute Gasteiger partial charge is 0.320 e. The Bertz CT molecular complexity index is 296. The van der Waals surface area contributed by atoms with Crippen molar-refractivity contribution < 1.29 is 19.7 Å². The minimum atomic E-state index is -0.763. The molecule has 2 rings (SSSR count). The van der Waals surface area contributed by atoms with Crippen LogP contribution in [-0.2, 0) is 9.53 Å². The van der Waals surface area contributed by atoms with Gasteiger partial charge in [0.15, 0.2) is 0 Å². The zero-order valence-electron chi connectivity index (χ0n) is 10.3. The standard InChI is InChI=1S/C12H21NO4/c1-2-10(11(15)16)13-5-4-12(8-13)7-9(14)3-6-17-12/h9-10,14H,2-8H2,1H3,(H,15,16)/t9-,10-,12-/m1/s1. The largest absolute Gasteiger partial charge is 0.480 e. The van der Waals surface area contributed by atoms with Gasteiger partial charge in [-0.15, -0.1) is 0 Å². The van der Waals surface area contributed by atoms with E-state index < -0.39 is 12.0 Å². The Balaban J connectivity index is 2.00. The number of carboxylic acids is 1. The van der Waals surface area contributed by atoms with Crippen LogP contribution < -0.4 is 0 Å². The maximum Gasteiger partial charge on any atom is 0.320 e. The van der Waals surface area contributed by atoms with Gasteiger partial charge in [0.1, 0.15) is 6.04 Å². The lowest BCUT2D eigenvalue weighted by atomic mass is 9.91. The summed E-state index contributed by atoms with van der Waals surface area (Å²) < 4.78 is 5.81. The Morgan fingerprint density at radius 3 is 3.00 bits per heavy atom. The molecular formula is C12H21NO4. The molecule has 1 spiro atoms. The number of hydrogen-bond acceptors (Lipinski definition) is 4. The van der Waals surface area contributed by atoms with E-state index in [1.807, 2.05) is 11.8 Å². The number of aliphatic hydroxyl groups excluding tert-OH is 1. The van der Waals surface area contributed by atoms with Gasteiger partial charge in [0.2, 0.25) is 0 Å². The van der Waals surface area contributed by atoms with Crippen LogP contribution in [-0.4, -0.2) is 58.5 Å². The van der Waals surface area contributed by atoms with E-state index in [-0.39, 0.29) is 11.7 Å². The van der Waals surface area contributed by atoms with Gasteiger partial charge in [0.05, 0.1) is 11.7 Å². The van der Waals surface area contributed by atoms with E-state index in [9.17, 15) is 9.90 Å². The van der Waals surface area contributed by atoms with Gasteiger partial charge in [-0.05, 0) is 19.3 Å². The fourth-order valence-corrected chi connectivity index (χ4v) is 3.02. The van der Waals surface area contributed by atoms with Crippen molar-refractivity contribution in [1.82, 2.24) is 4.90 Å². The second kappa shape index (κ2) is 4.92. The predicted octanol–water partition coefficient (Wildman–Crippen LogP) is 0.465. The van der Waals surface area contributed by atoms with Crippen LogP contribution in [0.2, 0.25) is 0 Å². The molecule has 0 aromatic heterocycles. The van der Waals surface area contributed by atoms with Crippen LogP contribution in [0.25, 0.3) is 0 Å². The minimum absolute atomic E-state index is 0.298. The van der Waals surface area contributed by atoms with E-state index in [4.69, 9.17) is 9.84 Å². The number of likely N-dealkylation sites (tertiary alicyclic amines) is 1. The molecule has 17 heavy (non-hydrogen) atoms. The number of aliphatic carboxylic acids is 1. The van der Waals surface area contributed by atoms with Crippen molar-refractivity contribution >= 4 is 5.97 Å². The van der Waals surface area contributed by atoms with E-state index in [0.29, 0.717) is 32.4 Å². The fraction of sp³-hybridized carbons (Fsp3) is 0.917. The molecule has 2 fully saturated rings. The molecule has 2 aliphatic rings. The Kier molecular flexibility index (Phi) is 3.70. The highest BCUT2D eigenvalue weighted by atomic mass is 16.5. The van der Waals surface area contributed by atoms with Gasteiger partial charge < -0.3 is 14.9 Å². The van der Waals surface area contributed by atoms with Gasteiger partial charge >= 0.3 is 5.97 Å². The lowest BCUT2D eigenvalue weighted by molar-refractivity contribution is -0.144. The summed E-state index contributed by atoms with van der Waals surface area (Å²) in [6, 6.07) is -0.419. The van der Waals surface area contributed by atoms with Crippen molar-refractivity contribution in [3.63, 3.8) is 0 Å². The van der Waals surface area contributed by atoms with Crippen molar-refractivity contribution in [2.75, 3.05) is 19.7 Å². The van der Waals surface area contributed by atoms with Gasteiger partial charge in [-0.1, -0.05) is 6.92 Å². The molecule has 2 heterocycles. The van der Waals surface area contributed by atoms with E-state index in [1.54, 1.807) is 0 Å². The molecule has 0 saturated carbocycles. The van der Waals surface area contributed by atoms with Gasteiger partial charge in [-0.25, -0.2) is 0 Å². The molecule has 0 aromatic carbocycles. The maximum absolute atomic E-state index is 11.1. The molecule has 0 amide bonds. The summed E-state index contributed by atoms with van der Waals surface area (Å²) in [6.45, 7) is 3.85. The van der Waals surface area contributed by atoms with E-state index >= 15 is 0 Å². The second-order valence-corrected chi connectivity index (χ2v) is 5.16. The van der Waals surface area contributed by atoms with Gasteiger partial charge in [-0.2, -0.15) is 0 Å². The van der Waals surface area contributed by atoms with Crippen molar-refractivity contribution in [2.45, 2.75) is 50.4 Å². The van der Waals surface area contributed by atoms with Crippen LogP contribution in [0, 0.1) is 0 Å². The Hall–Kier alpha value is -0.650. The quantitative estimate of drug-likeness (QED) is 0.754. The van der Waals surface area contributed by atoms with Crippen molar-refractivity contribution in [3.8, 4) is 0 Å². The predicted molar refractivity (Wildman–Crippen MR) is 61.8 cm³/mol. The van der Waals surface area contributed by atoms with Crippen molar-refractivity contribution in [2.24, 2.45) is 0 Å². The molecule has 2 saturated heterocycles. The molecule has 2 aliphatic heterocycles. The van der Waals surface area contributed by atoms with E-state index in [2.05, 4.69) is 0 Å². The van der Waals surface area contributed by atoms with Crippen LogP contribution in [0.4, 0.5) is 0 Å². The molecule has 0 radical (unpaired) electrons. The molecule has 2 N–H and O–H groups in total. The first-order valence-electron chi connectivity index (χ1n) is 6.35. The summed E-state index contributed by atoms with van der Waals surface area (Å²) in [5.74, 6) is -0.763. The minimum Gasteiger partial charge on any atom is -0.480 e. The van der Waals surface area contributed by atoms with Crippen LogP contribution in [0.15, 0.2) is 0 Å². The van der Waals surface area contributed by atoms with Gasteiger partial charge in [0, 0.05) is 26.1 Å².